The molecule has 2 aromatic rings. The molecule has 0 saturated carbocycles. The van der Waals surface area contributed by atoms with Crippen molar-refractivity contribution in [2.45, 2.75) is 13.8 Å². The number of anilines is 1. The van der Waals surface area contributed by atoms with E-state index < -0.39 is 0 Å². The normalized spacial score (nSPS) is 13.4. The summed E-state index contributed by atoms with van der Waals surface area (Å²) in [5, 5.41) is 3.45. The van der Waals surface area contributed by atoms with E-state index in [1.165, 1.54) is 6.92 Å². The Labute approximate surface area is 109 Å². The minimum atomic E-state index is -0.172. The van der Waals surface area contributed by atoms with Crippen molar-refractivity contribution in [3.63, 3.8) is 0 Å². The second-order valence-corrected chi connectivity index (χ2v) is 4.29. The molecule has 1 aromatic carbocycles. The van der Waals surface area contributed by atoms with Gasteiger partial charge in [0.2, 0.25) is 5.91 Å². The Kier molecular flexibility index (Phi) is 2.70. The van der Waals surface area contributed by atoms with Gasteiger partial charge in [0, 0.05) is 12.3 Å². The summed E-state index contributed by atoms with van der Waals surface area (Å²) in [5.74, 6) is 2.17. The average molecular weight is 259 g/mol. The van der Waals surface area contributed by atoms with Gasteiger partial charge in [0.25, 0.3) is 0 Å². The number of benzene rings is 1. The zero-order valence-electron chi connectivity index (χ0n) is 10.7. The Bertz CT molecular complexity index is 670. The predicted octanol–water partition coefficient (Wildman–Crippen LogP) is 1.67. The lowest BCUT2D eigenvalue weighted by atomic mass is 10.2. The molecule has 1 aliphatic rings. The third-order valence-corrected chi connectivity index (χ3v) is 2.78. The molecule has 0 aliphatic carbocycles. The highest BCUT2D eigenvalue weighted by molar-refractivity contribution is 6.01. The van der Waals surface area contributed by atoms with Crippen LogP contribution in [0.25, 0.3) is 10.9 Å². The van der Waals surface area contributed by atoms with E-state index in [1.54, 1.807) is 13.0 Å². The van der Waals surface area contributed by atoms with E-state index in [9.17, 15) is 4.79 Å². The molecular formula is C13H13N3O3. The highest BCUT2D eigenvalue weighted by Crippen LogP contribution is 2.38. The van der Waals surface area contributed by atoms with Crippen LogP contribution in [0.2, 0.25) is 0 Å². The number of fused-ring (bicyclic) bond motifs is 3. The average Bonchev–Trinajstić information content (AvgIpc) is 2.37. The standard InChI is InChI=1S/C13H13N3O3/c1-7-14-11-9(13(15-7)16-8(2)17)3-4-10-12(11)19-6-5-18-10/h3-4H,5-6H2,1-2H3,(H,14,15,16,17). The third kappa shape index (κ3) is 2.05. The molecule has 2 heterocycles. The molecule has 0 radical (unpaired) electrons. The molecule has 1 aliphatic heterocycles. The van der Waals surface area contributed by atoms with Gasteiger partial charge < -0.3 is 14.8 Å². The van der Waals surface area contributed by atoms with Crippen LogP contribution in [0.3, 0.4) is 0 Å². The zero-order valence-corrected chi connectivity index (χ0v) is 10.7. The van der Waals surface area contributed by atoms with Crippen molar-refractivity contribution in [3.05, 3.63) is 18.0 Å². The molecule has 98 valence electrons. The molecule has 0 atom stereocenters. The number of carbonyl (C=O) groups is 1. The van der Waals surface area contributed by atoms with Gasteiger partial charge in [-0.25, -0.2) is 9.97 Å². The van der Waals surface area contributed by atoms with Gasteiger partial charge in [-0.3, -0.25) is 4.79 Å². The summed E-state index contributed by atoms with van der Waals surface area (Å²) in [4.78, 5) is 19.9. The minimum Gasteiger partial charge on any atom is -0.486 e. The molecule has 6 nitrogen and oxygen atoms in total. The van der Waals surface area contributed by atoms with Crippen molar-refractivity contribution in [2.24, 2.45) is 0 Å². The Hall–Kier alpha value is -2.37. The fourth-order valence-corrected chi connectivity index (χ4v) is 2.07. The van der Waals surface area contributed by atoms with Crippen LogP contribution in [0.1, 0.15) is 12.7 Å². The number of nitrogens with one attached hydrogen (secondary N) is 1. The largest absolute Gasteiger partial charge is 0.486 e. The fourth-order valence-electron chi connectivity index (χ4n) is 2.07. The number of aryl methyl sites for hydroxylation is 1. The molecule has 0 saturated heterocycles. The molecule has 1 N–H and O–H groups in total. The lowest BCUT2D eigenvalue weighted by Crippen LogP contribution is -2.16. The summed E-state index contributed by atoms with van der Waals surface area (Å²) in [5.41, 5.74) is 0.661. The number of nitrogens with zero attached hydrogens (tertiary/aromatic N) is 2. The highest BCUT2D eigenvalue weighted by atomic mass is 16.6. The zero-order chi connectivity index (χ0) is 13.4. The van der Waals surface area contributed by atoms with Gasteiger partial charge in [0.1, 0.15) is 30.4 Å². The first kappa shape index (κ1) is 11.7. The van der Waals surface area contributed by atoms with Crippen LogP contribution >= 0.6 is 0 Å². The van der Waals surface area contributed by atoms with E-state index in [-0.39, 0.29) is 5.91 Å². The smallest absolute Gasteiger partial charge is 0.222 e. The maximum atomic E-state index is 11.2. The van der Waals surface area contributed by atoms with Crippen LogP contribution in [-0.2, 0) is 4.79 Å². The predicted molar refractivity (Wildman–Crippen MR) is 69.6 cm³/mol. The van der Waals surface area contributed by atoms with Crippen molar-refractivity contribution in [1.82, 2.24) is 9.97 Å². The van der Waals surface area contributed by atoms with Gasteiger partial charge in [-0.2, -0.15) is 0 Å². The second kappa shape index (κ2) is 4.38. The van der Waals surface area contributed by atoms with Gasteiger partial charge in [-0.15, -0.1) is 0 Å². The van der Waals surface area contributed by atoms with Crippen LogP contribution in [0.4, 0.5) is 5.82 Å². The van der Waals surface area contributed by atoms with E-state index in [0.717, 1.165) is 5.39 Å². The Balaban J connectivity index is 2.26. The first-order chi connectivity index (χ1) is 9.15. The highest BCUT2D eigenvalue weighted by Gasteiger charge is 2.19. The number of ether oxygens (including phenoxy) is 2. The van der Waals surface area contributed by atoms with Crippen LogP contribution in [0.15, 0.2) is 12.1 Å². The van der Waals surface area contributed by atoms with E-state index in [2.05, 4.69) is 15.3 Å². The number of amides is 1. The van der Waals surface area contributed by atoms with E-state index in [4.69, 9.17) is 9.47 Å². The number of carbonyl (C=O) groups excluding carboxylic acids is 1. The van der Waals surface area contributed by atoms with Crippen molar-refractivity contribution < 1.29 is 14.3 Å². The van der Waals surface area contributed by atoms with E-state index in [0.29, 0.717) is 41.9 Å². The van der Waals surface area contributed by atoms with Crippen molar-refractivity contribution in [3.8, 4) is 11.5 Å². The summed E-state index contributed by atoms with van der Waals surface area (Å²) >= 11 is 0. The van der Waals surface area contributed by atoms with Gasteiger partial charge >= 0.3 is 0 Å². The van der Waals surface area contributed by atoms with Gasteiger partial charge in [0.15, 0.2) is 11.5 Å². The van der Waals surface area contributed by atoms with Gasteiger partial charge in [0.05, 0.1) is 0 Å². The maximum absolute atomic E-state index is 11.2. The summed E-state index contributed by atoms with van der Waals surface area (Å²) in [7, 11) is 0. The SMILES string of the molecule is CC(=O)Nc1nc(C)nc2c3c(ccc12)OCCO3. The summed E-state index contributed by atoms with van der Waals surface area (Å²) in [6, 6.07) is 3.63. The molecule has 0 fully saturated rings. The van der Waals surface area contributed by atoms with Crippen LogP contribution in [0.5, 0.6) is 11.5 Å². The Morgan fingerprint density at radius 2 is 2.05 bits per heavy atom. The van der Waals surface area contributed by atoms with Gasteiger partial charge in [-0.1, -0.05) is 0 Å². The second-order valence-electron chi connectivity index (χ2n) is 4.29. The number of hydrogen-bond acceptors (Lipinski definition) is 5. The molecule has 19 heavy (non-hydrogen) atoms. The lowest BCUT2D eigenvalue weighted by Gasteiger charge is -2.20. The molecule has 6 heteroatoms. The molecule has 1 amide bonds. The molecule has 0 bridgehead atoms. The monoisotopic (exact) mass is 259 g/mol. The lowest BCUT2D eigenvalue weighted by molar-refractivity contribution is -0.114. The Morgan fingerprint density at radius 1 is 1.26 bits per heavy atom. The molecular weight excluding hydrogens is 246 g/mol. The minimum absolute atomic E-state index is 0.172. The number of aromatic nitrogens is 2. The third-order valence-electron chi connectivity index (χ3n) is 2.78. The quantitative estimate of drug-likeness (QED) is 0.843. The van der Waals surface area contributed by atoms with E-state index >= 15 is 0 Å². The topological polar surface area (TPSA) is 73.3 Å². The van der Waals surface area contributed by atoms with Crippen molar-refractivity contribution in [2.75, 3.05) is 18.5 Å². The first-order valence-corrected chi connectivity index (χ1v) is 5.99. The van der Waals surface area contributed by atoms with Crippen molar-refractivity contribution in [1.29, 1.82) is 0 Å². The van der Waals surface area contributed by atoms with E-state index in [1.807, 2.05) is 6.07 Å². The molecule has 0 spiro atoms. The van der Waals surface area contributed by atoms with Crippen LogP contribution in [-0.4, -0.2) is 29.1 Å². The fraction of sp³-hybridized carbons (Fsp3) is 0.308. The number of rotatable bonds is 1. The molecule has 0 unspecified atom stereocenters. The van der Waals surface area contributed by atoms with Crippen LogP contribution in [0, 0.1) is 6.92 Å². The van der Waals surface area contributed by atoms with Gasteiger partial charge in [-0.05, 0) is 19.1 Å². The number of hydrogen-bond donors (Lipinski definition) is 1. The molecule has 1 aromatic heterocycles. The maximum Gasteiger partial charge on any atom is 0.222 e. The van der Waals surface area contributed by atoms with Crippen LogP contribution < -0.4 is 14.8 Å². The summed E-state index contributed by atoms with van der Waals surface area (Å²) in [6.07, 6.45) is 0. The summed E-state index contributed by atoms with van der Waals surface area (Å²) < 4.78 is 11.1. The first-order valence-electron chi connectivity index (χ1n) is 5.99. The molecule has 3 rings (SSSR count). The van der Waals surface area contributed by atoms with Crippen molar-refractivity contribution >= 4 is 22.6 Å². The summed E-state index contributed by atoms with van der Waals surface area (Å²) in [6.45, 7) is 4.24. The Morgan fingerprint density at radius 3 is 2.84 bits per heavy atom.